The number of carbonyl (C=O) groups excluding carboxylic acids is 3. The van der Waals surface area contributed by atoms with Crippen molar-refractivity contribution in [3.8, 4) is 0 Å². The molecular weight excluding hydrogens is 468 g/mol. The number of esters is 3. The fourth-order valence-corrected chi connectivity index (χ4v) is 2.88. The molecule has 0 aliphatic heterocycles. The molecule has 0 atom stereocenters. The highest BCUT2D eigenvalue weighted by molar-refractivity contribution is 6.03. The average molecular weight is 503 g/mol. The fourth-order valence-electron chi connectivity index (χ4n) is 2.88. The summed E-state index contributed by atoms with van der Waals surface area (Å²) < 4.78 is 15.4. The summed E-state index contributed by atoms with van der Waals surface area (Å²) in [6.45, 7) is 11.0. The first-order valence-electron chi connectivity index (χ1n) is 11.7. The Balaban J connectivity index is 0.00000118. The van der Waals surface area contributed by atoms with Gasteiger partial charge < -0.3 is 19.3 Å². The lowest BCUT2D eigenvalue weighted by Crippen LogP contribution is -2.15. The number of carboxylic acid groups (broad SMARTS) is 1. The van der Waals surface area contributed by atoms with Crippen LogP contribution in [0, 0.1) is 20.8 Å². The number of rotatable bonds is 10. The molecule has 0 spiro atoms. The van der Waals surface area contributed by atoms with Crippen LogP contribution < -0.4 is 0 Å². The second-order valence-electron chi connectivity index (χ2n) is 7.66. The molecule has 0 radical (unpaired) electrons. The molecule has 1 heterocycles. The highest BCUT2D eigenvalue weighted by atomic mass is 16.5. The van der Waals surface area contributed by atoms with Crippen LogP contribution in [-0.2, 0) is 36.8 Å². The summed E-state index contributed by atoms with van der Waals surface area (Å²) >= 11 is 0. The molecule has 0 aliphatic rings. The third kappa shape index (κ3) is 9.81. The van der Waals surface area contributed by atoms with Crippen molar-refractivity contribution in [2.75, 3.05) is 13.2 Å². The van der Waals surface area contributed by atoms with Crippen molar-refractivity contribution in [2.24, 2.45) is 0 Å². The molecule has 0 unspecified atom stereocenters. The van der Waals surface area contributed by atoms with E-state index in [4.69, 9.17) is 19.3 Å². The summed E-state index contributed by atoms with van der Waals surface area (Å²) in [6.07, 6.45) is 0.671. The van der Waals surface area contributed by atoms with Crippen molar-refractivity contribution >= 4 is 23.9 Å². The zero-order valence-electron chi connectivity index (χ0n) is 21.7. The Morgan fingerprint density at radius 2 is 1.36 bits per heavy atom. The van der Waals surface area contributed by atoms with Crippen LogP contribution in [0.25, 0.3) is 0 Å². The van der Waals surface area contributed by atoms with Gasteiger partial charge in [0.15, 0.2) is 0 Å². The van der Waals surface area contributed by atoms with Crippen molar-refractivity contribution in [3.63, 3.8) is 0 Å². The Bertz CT molecular complexity index is 1080. The molecule has 1 aromatic carbocycles. The first kappa shape index (κ1) is 30.2. The molecule has 36 heavy (non-hydrogen) atoms. The smallest absolute Gasteiger partial charge is 0.339 e. The van der Waals surface area contributed by atoms with Gasteiger partial charge in [-0.15, -0.1) is 0 Å². The van der Waals surface area contributed by atoms with Crippen molar-refractivity contribution in [1.29, 1.82) is 0 Å². The molecule has 0 amide bonds. The van der Waals surface area contributed by atoms with Crippen molar-refractivity contribution in [2.45, 2.75) is 67.4 Å². The van der Waals surface area contributed by atoms with Crippen LogP contribution in [0.4, 0.5) is 0 Å². The van der Waals surface area contributed by atoms with Gasteiger partial charge in [-0.3, -0.25) is 19.6 Å². The van der Waals surface area contributed by atoms with Gasteiger partial charge in [-0.1, -0.05) is 13.0 Å². The largest absolute Gasteiger partial charge is 0.481 e. The summed E-state index contributed by atoms with van der Waals surface area (Å²) in [5, 5.41) is 7.72. The predicted octanol–water partition coefficient (Wildman–Crippen LogP) is 3.91. The standard InChI is InChI=1S/C23H28N2O6.C3H6O2/c1-6-29-22(27)18-10-8-17(12-19(18)23(28)30-7-2)9-11-21(26)31-13-20-16(5)24-14(3)15(4)25-20;1-2-3(4)5/h8,10,12H,6-7,9,11,13H2,1-5H3;2H2,1H3,(H,4,5). The van der Waals surface area contributed by atoms with E-state index in [1.807, 2.05) is 20.8 Å². The van der Waals surface area contributed by atoms with Gasteiger partial charge in [0.1, 0.15) is 6.61 Å². The Morgan fingerprint density at radius 3 is 1.92 bits per heavy atom. The van der Waals surface area contributed by atoms with E-state index in [9.17, 15) is 19.2 Å². The van der Waals surface area contributed by atoms with E-state index < -0.39 is 23.9 Å². The second kappa shape index (κ2) is 15.2. The number of aryl methyl sites for hydroxylation is 4. The molecule has 2 rings (SSSR count). The molecule has 0 saturated carbocycles. The summed E-state index contributed by atoms with van der Waals surface area (Å²) in [5.41, 5.74) is 3.95. The molecule has 0 fully saturated rings. The lowest BCUT2D eigenvalue weighted by Gasteiger charge is -2.11. The molecule has 1 N–H and O–H groups in total. The van der Waals surface area contributed by atoms with E-state index in [1.54, 1.807) is 32.9 Å². The van der Waals surface area contributed by atoms with Gasteiger partial charge in [-0.05, 0) is 58.7 Å². The monoisotopic (exact) mass is 502 g/mol. The number of ether oxygens (including phenoxy) is 3. The number of carboxylic acids is 1. The minimum Gasteiger partial charge on any atom is -0.481 e. The molecule has 0 aliphatic carbocycles. The number of nitrogens with zero attached hydrogens (tertiary/aromatic N) is 2. The summed E-state index contributed by atoms with van der Waals surface area (Å²) in [6, 6.07) is 4.75. The average Bonchev–Trinajstić information content (AvgIpc) is 2.84. The minimum atomic E-state index is -0.745. The zero-order chi connectivity index (χ0) is 27.3. The van der Waals surface area contributed by atoms with Gasteiger partial charge in [-0.2, -0.15) is 0 Å². The summed E-state index contributed by atoms with van der Waals surface area (Å²) in [4.78, 5) is 54.8. The highest BCUT2D eigenvalue weighted by Crippen LogP contribution is 2.17. The molecular formula is C26H34N2O8. The first-order valence-corrected chi connectivity index (χ1v) is 11.7. The van der Waals surface area contributed by atoms with E-state index in [0.717, 1.165) is 17.1 Å². The van der Waals surface area contributed by atoms with E-state index in [-0.39, 0.29) is 43.8 Å². The SMILES string of the molecule is CCC(=O)O.CCOC(=O)c1ccc(CCC(=O)OCc2nc(C)c(C)nc2C)cc1C(=O)OCC. The maximum atomic E-state index is 12.3. The molecule has 2 aromatic rings. The Hall–Kier alpha value is -3.82. The van der Waals surface area contributed by atoms with Crippen LogP contribution in [0.2, 0.25) is 0 Å². The Morgan fingerprint density at radius 1 is 0.806 bits per heavy atom. The van der Waals surface area contributed by atoms with Crippen LogP contribution in [0.3, 0.4) is 0 Å². The van der Waals surface area contributed by atoms with E-state index in [2.05, 4.69) is 9.97 Å². The van der Waals surface area contributed by atoms with Gasteiger partial charge in [-0.25, -0.2) is 9.59 Å². The van der Waals surface area contributed by atoms with Crippen molar-refractivity contribution in [1.82, 2.24) is 9.97 Å². The predicted molar refractivity (Wildman–Crippen MR) is 131 cm³/mol. The Kier molecular flexibility index (Phi) is 12.8. The maximum Gasteiger partial charge on any atom is 0.339 e. The number of carbonyl (C=O) groups is 4. The summed E-state index contributed by atoms with van der Waals surface area (Å²) in [5.74, 6) is -2.35. The number of benzene rings is 1. The van der Waals surface area contributed by atoms with Crippen LogP contribution in [0.1, 0.15) is 82.7 Å². The Labute approximate surface area is 211 Å². The van der Waals surface area contributed by atoms with Crippen LogP contribution in [0.5, 0.6) is 0 Å². The first-order chi connectivity index (χ1) is 17.0. The summed E-state index contributed by atoms with van der Waals surface area (Å²) in [7, 11) is 0. The number of aliphatic carboxylic acids is 1. The quantitative estimate of drug-likeness (QED) is 0.375. The lowest BCUT2D eigenvalue weighted by atomic mass is 10.0. The van der Waals surface area contributed by atoms with Crippen LogP contribution >= 0.6 is 0 Å². The lowest BCUT2D eigenvalue weighted by molar-refractivity contribution is -0.145. The number of hydrogen-bond donors (Lipinski definition) is 1. The van der Waals surface area contributed by atoms with Gasteiger partial charge >= 0.3 is 23.9 Å². The normalized spacial score (nSPS) is 10.1. The number of aromatic nitrogens is 2. The van der Waals surface area contributed by atoms with E-state index in [0.29, 0.717) is 17.7 Å². The molecule has 10 heteroatoms. The van der Waals surface area contributed by atoms with Crippen molar-refractivity contribution in [3.05, 3.63) is 57.7 Å². The van der Waals surface area contributed by atoms with Crippen LogP contribution in [-0.4, -0.2) is 52.2 Å². The minimum absolute atomic E-state index is 0.0503. The van der Waals surface area contributed by atoms with Gasteiger partial charge in [0.2, 0.25) is 0 Å². The number of hydrogen-bond acceptors (Lipinski definition) is 9. The van der Waals surface area contributed by atoms with Gasteiger partial charge in [0.25, 0.3) is 0 Å². The molecule has 1 aromatic heterocycles. The van der Waals surface area contributed by atoms with Gasteiger partial charge in [0.05, 0.1) is 47.1 Å². The third-order valence-electron chi connectivity index (χ3n) is 4.94. The maximum absolute atomic E-state index is 12.3. The third-order valence-corrected chi connectivity index (χ3v) is 4.94. The topological polar surface area (TPSA) is 142 Å². The fraction of sp³-hybridized carbons (Fsp3) is 0.462. The molecule has 196 valence electrons. The highest BCUT2D eigenvalue weighted by Gasteiger charge is 2.20. The van der Waals surface area contributed by atoms with E-state index in [1.165, 1.54) is 6.07 Å². The van der Waals surface area contributed by atoms with E-state index >= 15 is 0 Å². The molecule has 0 saturated heterocycles. The van der Waals surface area contributed by atoms with Crippen LogP contribution in [0.15, 0.2) is 18.2 Å². The molecule has 0 bridgehead atoms. The van der Waals surface area contributed by atoms with Gasteiger partial charge in [0, 0.05) is 12.8 Å². The zero-order valence-corrected chi connectivity index (χ0v) is 21.7. The second-order valence-corrected chi connectivity index (χ2v) is 7.66. The molecule has 10 nitrogen and oxygen atoms in total. The van der Waals surface area contributed by atoms with Crippen molar-refractivity contribution < 1.29 is 38.5 Å².